The Hall–Kier alpha value is -1.35. The summed E-state index contributed by atoms with van der Waals surface area (Å²) in [5.41, 5.74) is 0.863. The van der Waals surface area contributed by atoms with E-state index in [4.69, 9.17) is 4.74 Å². The maximum absolute atomic E-state index is 13.1. The van der Waals surface area contributed by atoms with Crippen LogP contribution in [-0.2, 0) is 14.8 Å². The molecule has 1 saturated carbocycles. The van der Waals surface area contributed by atoms with Gasteiger partial charge in [-0.25, -0.2) is 17.6 Å². The Labute approximate surface area is 192 Å². The molecule has 0 aromatic heterocycles. The number of amides is 1. The predicted molar refractivity (Wildman–Crippen MR) is 123 cm³/mol. The summed E-state index contributed by atoms with van der Waals surface area (Å²) in [6.07, 6.45) is 4.96. The van der Waals surface area contributed by atoms with Gasteiger partial charge < -0.3 is 15.0 Å². The molecule has 1 saturated heterocycles. The highest BCUT2D eigenvalue weighted by molar-refractivity contribution is 7.89. The van der Waals surface area contributed by atoms with E-state index in [9.17, 15) is 17.6 Å². The van der Waals surface area contributed by atoms with Crippen LogP contribution in [0.3, 0.4) is 0 Å². The molecule has 3 aliphatic rings. The quantitative estimate of drug-likeness (QED) is 0.553. The Morgan fingerprint density at radius 1 is 1.31 bits per heavy atom. The third-order valence-electron chi connectivity index (χ3n) is 6.56. The van der Waals surface area contributed by atoms with E-state index in [1.165, 1.54) is 4.31 Å². The zero-order chi connectivity index (χ0) is 23.5. The topological polar surface area (TPSA) is 79.0 Å². The number of likely N-dealkylation sites (tertiary alicyclic amines) is 1. The van der Waals surface area contributed by atoms with Gasteiger partial charge in [-0.15, -0.1) is 0 Å². The lowest BCUT2D eigenvalue weighted by Crippen LogP contribution is -2.44. The molecule has 32 heavy (non-hydrogen) atoms. The summed E-state index contributed by atoms with van der Waals surface area (Å²) in [5, 5.41) is 2.88. The lowest BCUT2D eigenvalue weighted by atomic mass is 9.99. The minimum Gasteiger partial charge on any atom is -0.449 e. The van der Waals surface area contributed by atoms with Crippen LogP contribution < -0.4 is 5.32 Å². The van der Waals surface area contributed by atoms with E-state index in [0.717, 1.165) is 44.5 Å². The van der Waals surface area contributed by atoms with Crippen LogP contribution in [0.1, 0.15) is 66.2 Å². The molecule has 2 fully saturated rings. The maximum atomic E-state index is 13.1. The molecular formula is C23H40FN3O4S. The minimum atomic E-state index is -3.37. The van der Waals surface area contributed by atoms with Crippen molar-refractivity contribution in [2.75, 3.05) is 32.0 Å². The van der Waals surface area contributed by atoms with Crippen LogP contribution in [0.2, 0.25) is 0 Å². The van der Waals surface area contributed by atoms with Gasteiger partial charge in [0.2, 0.25) is 10.0 Å². The first-order valence-electron chi connectivity index (χ1n) is 11.9. The molecule has 0 aromatic carbocycles. The van der Waals surface area contributed by atoms with E-state index >= 15 is 0 Å². The van der Waals surface area contributed by atoms with Crippen molar-refractivity contribution in [2.24, 2.45) is 11.3 Å². The van der Waals surface area contributed by atoms with Gasteiger partial charge in [0, 0.05) is 6.20 Å². The van der Waals surface area contributed by atoms with Crippen molar-refractivity contribution in [3.05, 3.63) is 11.8 Å². The standard InChI is InChI=1S/C23H40FN3O4S/c1-17(24)6-5-9-26-10-7-18(8-11-26)15-32(29,30)27-14-19-12-20(27)13-21(19)25-22(28)31-16-23(2,3)4/h14,17-18,20-21H,5-13,15-16H2,1-4H3,(H,25,28). The van der Waals surface area contributed by atoms with E-state index in [2.05, 4.69) is 10.2 Å². The first-order chi connectivity index (χ1) is 14.9. The SMILES string of the molecule is CC(F)CCCN1CCC(CS(=O)(=O)N2C=C3CC2CC3NC(=O)OCC(C)(C)C)CC1. The van der Waals surface area contributed by atoms with Crippen LogP contribution >= 0.6 is 0 Å². The molecule has 7 nitrogen and oxygen atoms in total. The average molecular weight is 474 g/mol. The van der Waals surface area contributed by atoms with Gasteiger partial charge in [-0.2, -0.15) is 0 Å². The number of ether oxygens (including phenoxy) is 1. The van der Waals surface area contributed by atoms with E-state index in [-0.39, 0.29) is 29.2 Å². The second-order valence-corrected chi connectivity index (χ2v) is 12.9. The second kappa shape index (κ2) is 10.3. The van der Waals surface area contributed by atoms with E-state index in [1.54, 1.807) is 13.1 Å². The van der Waals surface area contributed by atoms with Crippen molar-refractivity contribution < 1.29 is 22.3 Å². The number of alkyl carbamates (subject to hydrolysis) is 1. The number of alkyl halides is 1. The summed E-state index contributed by atoms with van der Waals surface area (Å²) >= 11 is 0. The van der Waals surface area contributed by atoms with Gasteiger partial charge in [0.25, 0.3) is 0 Å². The molecule has 0 spiro atoms. The van der Waals surface area contributed by atoms with Crippen molar-refractivity contribution >= 4 is 16.1 Å². The summed E-state index contributed by atoms with van der Waals surface area (Å²) in [6.45, 7) is 10.6. The molecular weight excluding hydrogens is 433 g/mol. The fraction of sp³-hybridized carbons (Fsp3) is 0.870. The Morgan fingerprint density at radius 3 is 2.56 bits per heavy atom. The lowest BCUT2D eigenvalue weighted by molar-refractivity contribution is 0.104. The molecule has 0 radical (unpaired) electrons. The number of hydrogen-bond donors (Lipinski definition) is 1. The number of sulfonamides is 1. The number of nitrogens with one attached hydrogen (secondary N) is 1. The van der Waals surface area contributed by atoms with Gasteiger partial charge in [0.05, 0.1) is 30.6 Å². The number of carbonyl (C=O) groups is 1. The van der Waals surface area contributed by atoms with Crippen LogP contribution in [0.4, 0.5) is 9.18 Å². The Morgan fingerprint density at radius 2 is 2.00 bits per heavy atom. The third kappa shape index (κ3) is 7.07. The van der Waals surface area contributed by atoms with E-state index in [0.29, 0.717) is 25.9 Å². The van der Waals surface area contributed by atoms with Crippen molar-refractivity contribution in [1.29, 1.82) is 0 Å². The van der Waals surface area contributed by atoms with Gasteiger partial charge in [0.1, 0.15) is 0 Å². The molecule has 3 unspecified atom stereocenters. The first kappa shape index (κ1) is 25.3. The molecule has 184 valence electrons. The molecule has 0 aromatic rings. The Kier molecular flexibility index (Phi) is 8.12. The van der Waals surface area contributed by atoms with Crippen LogP contribution in [-0.4, -0.2) is 74.0 Å². The molecule has 3 rings (SSSR count). The summed E-state index contributed by atoms with van der Waals surface area (Å²) in [6, 6.07) is -0.250. The number of piperidine rings is 1. The largest absolute Gasteiger partial charge is 0.449 e. The number of nitrogens with zero attached hydrogens (tertiary/aromatic N) is 2. The van der Waals surface area contributed by atoms with Crippen molar-refractivity contribution in [1.82, 2.24) is 14.5 Å². The smallest absolute Gasteiger partial charge is 0.407 e. The summed E-state index contributed by atoms with van der Waals surface area (Å²) in [4.78, 5) is 14.4. The molecule has 2 bridgehead atoms. The van der Waals surface area contributed by atoms with Crippen LogP contribution in [0.15, 0.2) is 11.8 Å². The summed E-state index contributed by atoms with van der Waals surface area (Å²) < 4.78 is 45.9. The average Bonchev–Trinajstić information content (AvgIpc) is 3.28. The number of halogens is 1. The Balaban J connectivity index is 1.45. The van der Waals surface area contributed by atoms with E-state index < -0.39 is 22.3 Å². The number of carbonyl (C=O) groups excluding carboxylic acids is 1. The third-order valence-corrected chi connectivity index (χ3v) is 8.50. The fourth-order valence-corrected chi connectivity index (χ4v) is 6.82. The predicted octanol–water partition coefficient (Wildman–Crippen LogP) is 3.67. The van der Waals surface area contributed by atoms with Crippen LogP contribution in [0.25, 0.3) is 0 Å². The normalized spacial score (nSPS) is 25.7. The van der Waals surface area contributed by atoms with Crippen LogP contribution in [0.5, 0.6) is 0 Å². The monoisotopic (exact) mass is 473 g/mol. The lowest BCUT2D eigenvalue weighted by Gasteiger charge is -2.34. The summed E-state index contributed by atoms with van der Waals surface area (Å²) in [7, 11) is -3.37. The number of rotatable bonds is 9. The summed E-state index contributed by atoms with van der Waals surface area (Å²) in [5.74, 6) is 0.337. The van der Waals surface area contributed by atoms with Crippen molar-refractivity contribution in [3.8, 4) is 0 Å². The molecule has 1 aliphatic carbocycles. The zero-order valence-electron chi connectivity index (χ0n) is 20.0. The van der Waals surface area contributed by atoms with Gasteiger partial charge in [0.15, 0.2) is 0 Å². The molecule has 9 heteroatoms. The Bertz CT molecular complexity index is 786. The van der Waals surface area contributed by atoms with Gasteiger partial charge in [-0.05, 0) is 82.0 Å². The highest BCUT2D eigenvalue weighted by atomic mass is 32.2. The number of hydrogen-bond acceptors (Lipinski definition) is 5. The van der Waals surface area contributed by atoms with E-state index in [1.807, 2.05) is 20.8 Å². The number of fused-ring (bicyclic) bond motifs is 2. The van der Waals surface area contributed by atoms with Crippen molar-refractivity contribution in [2.45, 2.75) is 84.5 Å². The molecule has 3 atom stereocenters. The maximum Gasteiger partial charge on any atom is 0.407 e. The van der Waals surface area contributed by atoms with Crippen LogP contribution in [0, 0.1) is 11.3 Å². The molecule has 1 N–H and O–H groups in total. The fourth-order valence-electron chi connectivity index (χ4n) is 4.81. The minimum absolute atomic E-state index is 0.0979. The zero-order valence-corrected chi connectivity index (χ0v) is 20.8. The first-order valence-corrected chi connectivity index (χ1v) is 13.6. The highest BCUT2D eigenvalue weighted by Crippen LogP contribution is 2.39. The van der Waals surface area contributed by atoms with Gasteiger partial charge in [-0.3, -0.25) is 4.31 Å². The molecule has 1 amide bonds. The highest BCUT2D eigenvalue weighted by Gasteiger charge is 2.44. The van der Waals surface area contributed by atoms with Gasteiger partial charge >= 0.3 is 6.09 Å². The van der Waals surface area contributed by atoms with Gasteiger partial charge in [-0.1, -0.05) is 20.8 Å². The van der Waals surface area contributed by atoms with Crippen molar-refractivity contribution in [3.63, 3.8) is 0 Å². The molecule has 2 aliphatic heterocycles. The molecule has 2 heterocycles. The second-order valence-electron chi connectivity index (χ2n) is 10.9.